The van der Waals surface area contributed by atoms with Crippen LogP contribution in [0.2, 0.25) is 0 Å². The summed E-state index contributed by atoms with van der Waals surface area (Å²) in [6, 6.07) is 7.61. The van der Waals surface area contributed by atoms with Gasteiger partial charge < -0.3 is 5.11 Å². The van der Waals surface area contributed by atoms with Crippen molar-refractivity contribution in [1.29, 1.82) is 0 Å². The van der Waals surface area contributed by atoms with Crippen LogP contribution in [0.1, 0.15) is 56.0 Å². The fraction of sp³-hybridized carbons (Fsp3) is 0.529. The van der Waals surface area contributed by atoms with Crippen molar-refractivity contribution in [2.75, 3.05) is 0 Å². The molecule has 0 aliphatic heterocycles. The van der Waals surface area contributed by atoms with E-state index < -0.39 is 11.9 Å². The minimum absolute atomic E-state index is 0.0182. The van der Waals surface area contributed by atoms with Crippen LogP contribution in [0.3, 0.4) is 0 Å². The first kappa shape index (κ1) is 14.8. The van der Waals surface area contributed by atoms with E-state index in [1.807, 2.05) is 24.3 Å². The molecule has 1 fully saturated rings. The molecule has 2 atom stereocenters. The average molecular weight is 274 g/mol. The summed E-state index contributed by atoms with van der Waals surface area (Å²) in [6.45, 7) is 6.38. The number of hydrogen-bond acceptors (Lipinski definition) is 2. The Bertz CT molecular complexity index is 508. The minimum atomic E-state index is -0.841. The van der Waals surface area contributed by atoms with Crippen LogP contribution in [-0.2, 0) is 10.2 Å². The first-order valence-corrected chi connectivity index (χ1v) is 7.18. The summed E-state index contributed by atoms with van der Waals surface area (Å²) in [4.78, 5) is 23.6. The van der Waals surface area contributed by atoms with Gasteiger partial charge in [-0.05, 0) is 23.8 Å². The monoisotopic (exact) mass is 274 g/mol. The van der Waals surface area contributed by atoms with Crippen LogP contribution in [0, 0.1) is 11.8 Å². The second kappa shape index (κ2) is 5.39. The highest BCUT2D eigenvalue weighted by atomic mass is 16.4. The second-order valence-corrected chi connectivity index (χ2v) is 6.67. The molecule has 1 aromatic carbocycles. The highest BCUT2D eigenvalue weighted by molar-refractivity contribution is 6.00. The number of carbonyl (C=O) groups excluding carboxylic acids is 1. The fourth-order valence-electron chi connectivity index (χ4n) is 2.92. The van der Waals surface area contributed by atoms with Gasteiger partial charge in [0.1, 0.15) is 0 Å². The third kappa shape index (κ3) is 2.92. The maximum absolute atomic E-state index is 12.5. The van der Waals surface area contributed by atoms with Crippen LogP contribution in [0.15, 0.2) is 24.3 Å². The molecule has 1 saturated carbocycles. The molecule has 108 valence electrons. The van der Waals surface area contributed by atoms with E-state index in [1.165, 1.54) is 5.56 Å². The summed E-state index contributed by atoms with van der Waals surface area (Å²) in [7, 11) is 0. The van der Waals surface area contributed by atoms with Crippen LogP contribution in [-0.4, -0.2) is 16.9 Å². The lowest BCUT2D eigenvalue weighted by atomic mass is 9.84. The van der Waals surface area contributed by atoms with Crippen molar-refractivity contribution in [3.05, 3.63) is 35.4 Å². The van der Waals surface area contributed by atoms with Crippen molar-refractivity contribution in [1.82, 2.24) is 0 Å². The molecule has 2 unspecified atom stereocenters. The number of aliphatic carboxylic acids is 1. The van der Waals surface area contributed by atoms with Crippen LogP contribution in [0.25, 0.3) is 0 Å². The molecule has 1 aliphatic rings. The predicted octanol–water partition coefficient (Wildman–Crippen LogP) is 3.67. The lowest BCUT2D eigenvalue weighted by Gasteiger charge is -2.20. The Morgan fingerprint density at radius 3 is 2.10 bits per heavy atom. The number of rotatable bonds is 3. The Hall–Kier alpha value is -1.64. The molecule has 0 bridgehead atoms. The zero-order valence-corrected chi connectivity index (χ0v) is 12.3. The van der Waals surface area contributed by atoms with Crippen LogP contribution < -0.4 is 0 Å². The fourth-order valence-corrected chi connectivity index (χ4v) is 2.92. The van der Waals surface area contributed by atoms with Crippen molar-refractivity contribution in [2.24, 2.45) is 11.8 Å². The zero-order valence-electron chi connectivity index (χ0n) is 12.3. The van der Waals surface area contributed by atoms with Gasteiger partial charge in [0, 0.05) is 11.5 Å². The summed E-state index contributed by atoms with van der Waals surface area (Å²) in [6.07, 6.45) is 2.14. The Morgan fingerprint density at radius 2 is 1.60 bits per heavy atom. The number of ketones is 1. The zero-order chi connectivity index (χ0) is 14.9. The van der Waals surface area contributed by atoms with E-state index in [4.69, 9.17) is 0 Å². The van der Waals surface area contributed by atoms with E-state index >= 15 is 0 Å². The van der Waals surface area contributed by atoms with Gasteiger partial charge in [0.25, 0.3) is 0 Å². The van der Waals surface area contributed by atoms with E-state index in [0.29, 0.717) is 18.4 Å². The molecular weight excluding hydrogens is 252 g/mol. The molecule has 0 heterocycles. The smallest absolute Gasteiger partial charge is 0.307 e. The second-order valence-electron chi connectivity index (χ2n) is 6.67. The third-order valence-corrected chi connectivity index (χ3v) is 4.21. The molecule has 0 amide bonds. The van der Waals surface area contributed by atoms with Crippen molar-refractivity contribution < 1.29 is 14.7 Å². The SMILES string of the molecule is CC(C)(C)c1ccc(C(=O)C2CCCC2C(=O)O)cc1. The number of carboxylic acids is 1. The molecule has 0 aromatic heterocycles. The molecular formula is C17H22O3. The van der Waals surface area contributed by atoms with Gasteiger partial charge in [-0.15, -0.1) is 0 Å². The molecule has 20 heavy (non-hydrogen) atoms. The molecule has 3 nitrogen and oxygen atoms in total. The van der Waals surface area contributed by atoms with Gasteiger partial charge in [0.2, 0.25) is 0 Å². The average Bonchev–Trinajstić information content (AvgIpc) is 2.86. The highest BCUT2D eigenvalue weighted by Crippen LogP contribution is 2.34. The molecule has 3 heteroatoms. The van der Waals surface area contributed by atoms with Gasteiger partial charge in [0.15, 0.2) is 5.78 Å². The van der Waals surface area contributed by atoms with E-state index in [1.54, 1.807) is 0 Å². The summed E-state index contributed by atoms with van der Waals surface area (Å²) >= 11 is 0. The number of carbonyl (C=O) groups is 2. The van der Waals surface area contributed by atoms with Gasteiger partial charge in [-0.25, -0.2) is 0 Å². The quantitative estimate of drug-likeness (QED) is 0.856. The minimum Gasteiger partial charge on any atom is -0.481 e. The molecule has 0 radical (unpaired) electrons. The summed E-state index contributed by atoms with van der Waals surface area (Å²) in [5.74, 6) is -1.72. The largest absolute Gasteiger partial charge is 0.481 e. The van der Waals surface area contributed by atoms with Gasteiger partial charge in [-0.3, -0.25) is 9.59 Å². The van der Waals surface area contributed by atoms with Crippen molar-refractivity contribution in [3.8, 4) is 0 Å². The first-order valence-electron chi connectivity index (χ1n) is 7.18. The van der Waals surface area contributed by atoms with Crippen LogP contribution >= 0.6 is 0 Å². The van der Waals surface area contributed by atoms with Crippen molar-refractivity contribution >= 4 is 11.8 Å². The van der Waals surface area contributed by atoms with E-state index in [9.17, 15) is 14.7 Å². The lowest BCUT2D eigenvalue weighted by molar-refractivity contribution is -0.142. The topological polar surface area (TPSA) is 54.4 Å². The first-order chi connectivity index (χ1) is 9.30. The molecule has 0 saturated heterocycles. The van der Waals surface area contributed by atoms with E-state index in [-0.39, 0.29) is 17.1 Å². The molecule has 0 spiro atoms. The molecule has 1 aliphatic carbocycles. The number of Topliss-reactive ketones (excluding diaryl/α,β-unsaturated/α-hetero) is 1. The van der Waals surface area contributed by atoms with Gasteiger partial charge in [-0.2, -0.15) is 0 Å². The van der Waals surface area contributed by atoms with Gasteiger partial charge >= 0.3 is 5.97 Å². The van der Waals surface area contributed by atoms with Crippen LogP contribution in [0.5, 0.6) is 0 Å². The maximum Gasteiger partial charge on any atom is 0.307 e. The van der Waals surface area contributed by atoms with Crippen molar-refractivity contribution in [2.45, 2.75) is 45.4 Å². The Labute approximate surface area is 120 Å². The number of benzene rings is 1. The summed E-state index contributed by atoms with van der Waals surface area (Å²) in [5, 5.41) is 9.18. The molecule has 1 aromatic rings. The molecule has 2 rings (SSSR count). The van der Waals surface area contributed by atoms with Gasteiger partial charge in [-0.1, -0.05) is 51.5 Å². The van der Waals surface area contributed by atoms with E-state index in [0.717, 1.165) is 6.42 Å². The summed E-state index contributed by atoms with van der Waals surface area (Å²) < 4.78 is 0. The van der Waals surface area contributed by atoms with Gasteiger partial charge in [0.05, 0.1) is 5.92 Å². The Balaban J connectivity index is 2.19. The Kier molecular flexibility index (Phi) is 3.98. The van der Waals surface area contributed by atoms with Crippen LogP contribution in [0.4, 0.5) is 0 Å². The summed E-state index contributed by atoms with van der Waals surface area (Å²) in [5.41, 5.74) is 1.87. The third-order valence-electron chi connectivity index (χ3n) is 4.21. The predicted molar refractivity (Wildman–Crippen MR) is 77.9 cm³/mol. The number of hydrogen-bond donors (Lipinski definition) is 1. The van der Waals surface area contributed by atoms with E-state index in [2.05, 4.69) is 20.8 Å². The van der Waals surface area contributed by atoms with Crippen molar-refractivity contribution in [3.63, 3.8) is 0 Å². The molecule has 1 N–H and O–H groups in total. The Morgan fingerprint density at radius 1 is 1.05 bits per heavy atom. The lowest BCUT2D eigenvalue weighted by Crippen LogP contribution is -2.25. The maximum atomic E-state index is 12.5. The normalized spacial score (nSPS) is 22.8. The highest BCUT2D eigenvalue weighted by Gasteiger charge is 2.37. The number of carboxylic acid groups (broad SMARTS) is 1. The standard InChI is InChI=1S/C17H22O3/c1-17(2,3)12-9-7-11(8-10-12)15(18)13-5-4-6-14(13)16(19)20/h7-10,13-14H,4-6H2,1-3H3,(H,19,20).